The Balaban J connectivity index is 1.64. The van der Waals surface area contributed by atoms with Gasteiger partial charge in [-0.15, -0.1) is 0 Å². The van der Waals surface area contributed by atoms with Crippen LogP contribution in [0.2, 0.25) is 0 Å². The van der Waals surface area contributed by atoms with Gasteiger partial charge in [-0.3, -0.25) is 0 Å². The van der Waals surface area contributed by atoms with Crippen molar-refractivity contribution >= 4 is 11.9 Å². The number of unbranched alkanes of at least 4 members (excludes halogenated alkanes) is 3. The molecule has 0 unspecified atom stereocenters. The SMILES string of the molecule is C=CC(=O)OCCCCCCOc1ccc(OC(=O)c2ccc(OC)cc2)cc1. The van der Waals surface area contributed by atoms with E-state index >= 15 is 0 Å². The first-order chi connectivity index (χ1) is 14.1. The highest BCUT2D eigenvalue weighted by molar-refractivity contribution is 5.91. The lowest BCUT2D eigenvalue weighted by Crippen LogP contribution is -2.08. The second-order valence-electron chi connectivity index (χ2n) is 6.22. The number of esters is 2. The molecule has 154 valence electrons. The highest BCUT2D eigenvalue weighted by atomic mass is 16.5. The van der Waals surface area contributed by atoms with Gasteiger partial charge in [0.05, 0.1) is 25.9 Å². The third-order valence-electron chi connectivity index (χ3n) is 4.08. The summed E-state index contributed by atoms with van der Waals surface area (Å²) < 4.78 is 21.0. The highest BCUT2D eigenvalue weighted by Crippen LogP contribution is 2.20. The number of carbonyl (C=O) groups is 2. The normalized spacial score (nSPS) is 10.1. The van der Waals surface area contributed by atoms with E-state index in [2.05, 4.69) is 6.58 Å². The molecule has 0 spiro atoms. The van der Waals surface area contributed by atoms with Gasteiger partial charge >= 0.3 is 11.9 Å². The molecule has 2 rings (SSSR count). The summed E-state index contributed by atoms with van der Waals surface area (Å²) in [5.41, 5.74) is 0.449. The van der Waals surface area contributed by atoms with Crippen LogP contribution >= 0.6 is 0 Å². The molecular formula is C23H26O6. The maximum atomic E-state index is 12.1. The molecule has 0 bridgehead atoms. The largest absolute Gasteiger partial charge is 0.497 e. The Hall–Kier alpha value is -3.28. The Bertz CT molecular complexity index is 780. The lowest BCUT2D eigenvalue weighted by molar-refractivity contribution is -0.137. The Morgan fingerprint density at radius 3 is 2.03 bits per heavy atom. The van der Waals surface area contributed by atoms with Gasteiger partial charge in [-0.05, 0) is 74.2 Å². The molecule has 0 aliphatic carbocycles. The Kier molecular flexibility index (Phi) is 9.29. The molecule has 0 heterocycles. The van der Waals surface area contributed by atoms with E-state index in [4.69, 9.17) is 18.9 Å². The van der Waals surface area contributed by atoms with Gasteiger partial charge in [0.15, 0.2) is 0 Å². The van der Waals surface area contributed by atoms with Gasteiger partial charge in [-0.25, -0.2) is 9.59 Å². The van der Waals surface area contributed by atoms with Gasteiger partial charge in [-0.2, -0.15) is 0 Å². The molecule has 6 nitrogen and oxygen atoms in total. The monoisotopic (exact) mass is 398 g/mol. The maximum Gasteiger partial charge on any atom is 0.343 e. The molecular weight excluding hydrogens is 372 g/mol. The molecule has 0 radical (unpaired) electrons. The number of methoxy groups -OCH3 is 1. The van der Waals surface area contributed by atoms with Crippen LogP contribution in [0.15, 0.2) is 61.2 Å². The Labute approximate surface area is 171 Å². The average molecular weight is 398 g/mol. The quantitative estimate of drug-likeness (QED) is 0.226. The second-order valence-corrected chi connectivity index (χ2v) is 6.22. The van der Waals surface area contributed by atoms with E-state index in [-0.39, 0.29) is 5.97 Å². The van der Waals surface area contributed by atoms with Crippen molar-refractivity contribution in [3.8, 4) is 17.2 Å². The first-order valence-corrected chi connectivity index (χ1v) is 9.50. The fourth-order valence-electron chi connectivity index (χ4n) is 2.48. The van der Waals surface area contributed by atoms with Gasteiger partial charge in [0.25, 0.3) is 0 Å². The molecule has 29 heavy (non-hydrogen) atoms. The smallest absolute Gasteiger partial charge is 0.343 e. The van der Waals surface area contributed by atoms with Gasteiger partial charge in [0.1, 0.15) is 17.2 Å². The van der Waals surface area contributed by atoms with Gasteiger partial charge < -0.3 is 18.9 Å². The van der Waals surface area contributed by atoms with Crippen molar-refractivity contribution in [2.24, 2.45) is 0 Å². The van der Waals surface area contributed by atoms with Crippen LogP contribution in [0.25, 0.3) is 0 Å². The van der Waals surface area contributed by atoms with Crippen molar-refractivity contribution in [2.75, 3.05) is 20.3 Å². The zero-order chi connectivity index (χ0) is 20.9. The third-order valence-corrected chi connectivity index (χ3v) is 4.08. The number of carbonyl (C=O) groups excluding carboxylic acids is 2. The summed E-state index contributed by atoms with van der Waals surface area (Å²) in [6, 6.07) is 13.7. The van der Waals surface area contributed by atoms with Gasteiger partial charge in [-0.1, -0.05) is 6.58 Å². The first-order valence-electron chi connectivity index (χ1n) is 9.50. The average Bonchev–Trinajstić information content (AvgIpc) is 2.76. The fraction of sp³-hybridized carbons (Fsp3) is 0.304. The lowest BCUT2D eigenvalue weighted by atomic mass is 10.2. The lowest BCUT2D eigenvalue weighted by Gasteiger charge is -2.08. The van der Waals surface area contributed by atoms with Gasteiger partial charge in [0.2, 0.25) is 0 Å². The highest BCUT2D eigenvalue weighted by Gasteiger charge is 2.09. The number of hydrogen-bond acceptors (Lipinski definition) is 6. The molecule has 2 aromatic carbocycles. The molecule has 0 fully saturated rings. The van der Waals surface area contributed by atoms with E-state index in [1.807, 2.05) is 0 Å². The molecule has 0 saturated heterocycles. The number of benzene rings is 2. The molecule has 0 N–H and O–H groups in total. The van der Waals surface area contributed by atoms with Crippen LogP contribution < -0.4 is 14.2 Å². The number of ether oxygens (including phenoxy) is 4. The van der Waals surface area contributed by atoms with Crippen LogP contribution in [0, 0.1) is 0 Å². The van der Waals surface area contributed by atoms with Crippen molar-refractivity contribution in [2.45, 2.75) is 25.7 Å². The number of hydrogen-bond donors (Lipinski definition) is 0. The molecule has 0 aliphatic rings. The van der Waals surface area contributed by atoms with E-state index in [9.17, 15) is 9.59 Å². The fourth-order valence-corrected chi connectivity index (χ4v) is 2.48. The van der Waals surface area contributed by atoms with E-state index in [1.165, 1.54) is 6.08 Å². The predicted molar refractivity (Wildman–Crippen MR) is 110 cm³/mol. The van der Waals surface area contributed by atoms with Crippen molar-refractivity contribution in [1.82, 2.24) is 0 Å². The van der Waals surface area contributed by atoms with Gasteiger partial charge in [0, 0.05) is 6.08 Å². The predicted octanol–water partition coefficient (Wildman–Crippen LogP) is 4.58. The van der Waals surface area contributed by atoms with E-state index in [1.54, 1.807) is 55.6 Å². The molecule has 0 atom stereocenters. The van der Waals surface area contributed by atoms with E-state index in [0.717, 1.165) is 25.7 Å². The number of rotatable bonds is 12. The standard InChI is InChI=1S/C23H26O6/c1-3-22(24)28-17-7-5-4-6-16-27-20-12-14-21(15-13-20)29-23(25)18-8-10-19(26-2)11-9-18/h3,8-15H,1,4-7,16-17H2,2H3. The summed E-state index contributed by atoms with van der Waals surface area (Å²) in [6.07, 6.45) is 4.85. The van der Waals surface area contributed by atoms with Crippen LogP contribution in [0.3, 0.4) is 0 Å². The minimum Gasteiger partial charge on any atom is -0.497 e. The summed E-state index contributed by atoms with van der Waals surface area (Å²) in [5, 5.41) is 0. The second kappa shape index (κ2) is 12.2. The molecule has 6 heteroatoms. The van der Waals surface area contributed by atoms with Crippen LogP contribution in [0.5, 0.6) is 17.2 Å². The summed E-state index contributed by atoms with van der Waals surface area (Å²) in [4.78, 5) is 23.0. The van der Waals surface area contributed by atoms with Crippen molar-refractivity contribution in [3.05, 3.63) is 66.7 Å². The molecule has 0 aromatic heterocycles. The Morgan fingerprint density at radius 1 is 0.828 bits per heavy atom. The van der Waals surface area contributed by atoms with Crippen LogP contribution in [-0.4, -0.2) is 32.3 Å². The van der Waals surface area contributed by atoms with Crippen molar-refractivity contribution in [1.29, 1.82) is 0 Å². The topological polar surface area (TPSA) is 71.1 Å². The van der Waals surface area contributed by atoms with Crippen LogP contribution in [0.1, 0.15) is 36.0 Å². The zero-order valence-corrected chi connectivity index (χ0v) is 16.6. The molecule has 2 aromatic rings. The van der Waals surface area contributed by atoms with Crippen LogP contribution in [-0.2, 0) is 9.53 Å². The zero-order valence-electron chi connectivity index (χ0n) is 16.6. The molecule has 0 saturated carbocycles. The van der Waals surface area contributed by atoms with E-state index in [0.29, 0.717) is 36.0 Å². The molecule has 0 amide bonds. The maximum absolute atomic E-state index is 12.1. The van der Waals surface area contributed by atoms with E-state index < -0.39 is 5.97 Å². The minimum absolute atomic E-state index is 0.383. The summed E-state index contributed by atoms with van der Waals surface area (Å²) in [6.45, 7) is 4.36. The first kappa shape index (κ1) is 22.0. The van der Waals surface area contributed by atoms with Crippen molar-refractivity contribution in [3.63, 3.8) is 0 Å². The molecule has 0 aliphatic heterocycles. The Morgan fingerprint density at radius 2 is 1.41 bits per heavy atom. The van der Waals surface area contributed by atoms with Crippen LogP contribution in [0.4, 0.5) is 0 Å². The summed E-state index contributed by atoms with van der Waals surface area (Å²) in [5.74, 6) is 1.03. The summed E-state index contributed by atoms with van der Waals surface area (Å²) >= 11 is 0. The third kappa shape index (κ3) is 8.09. The summed E-state index contributed by atoms with van der Waals surface area (Å²) in [7, 11) is 1.57. The minimum atomic E-state index is -0.430. The van der Waals surface area contributed by atoms with Crippen molar-refractivity contribution < 1.29 is 28.5 Å².